The van der Waals surface area contributed by atoms with Gasteiger partial charge in [-0.2, -0.15) is 18.2 Å². The number of aromatic nitrogens is 4. The van der Waals surface area contributed by atoms with E-state index in [1.807, 2.05) is 6.20 Å². The molecule has 0 radical (unpaired) electrons. The second kappa shape index (κ2) is 8.07. The number of fused-ring (bicyclic) bond motifs is 2. The molecule has 1 aliphatic heterocycles. The average molecular weight is 461 g/mol. The van der Waals surface area contributed by atoms with Crippen LogP contribution in [0.15, 0.2) is 30.6 Å². The lowest BCUT2D eigenvalue weighted by atomic mass is 9.91. The number of hydrogen-bond donors (Lipinski definition) is 0. The highest BCUT2D eigenvalue weighted by Gasteiger charge is 2.45. The number of rotatable bonds is 4. The molecular formula is C23H23F4N5O. The fourth-order valence-corrected chi connectivity index (χ4v) is 5.32. The normalized spacial score (nSPS) is 22.8. The highest BCUT2D eigenvalue weighted by Crippen LogP contribution is 2.49. The summed E-state index contributed by atoms with van der Waals surface area (Å²) < 4.78 is 55.6. The van der Waals surface area contributed by atoms with Crippen LogP contribution in [-0.4, -0.2) is 43.5 Å². The molecule has 1 aromatic carbocycles. The van der Waals surface area contributed by atoms with Crippen molar-refractivity contribution in [2.75, 3.05) is 13.1 Å². The molecule has 1 saturated heterocycles. The van der Waals surface area contributed by atoms with Crippen LogP contribution in [0.25, 0.3) is 5.78 Å². The number of aryl methyl sites for hydroxylation is 1. The number of halogens is 4. The van der Waals surface area contributed by atoms with E-state index in [2.05, 4.69) is 22.0 Å². The molecule has 33 heavy (non-hydrogen) atoms. The summed E-state index contributed by atoms with van der Waals surface area (Å²) >= 11 is 0. The quantitative estimate of drug-likeness (QED) is 0.537. The fourth-order valence-electron chi connectivity index (χ4n) is 5.32. The van der Waals surface area contributed by atoms with E-state index in [0.29, 0.717) is 31.7 Å². The van der Waals surface area contributed by atoms with Gasteiger partial charge < -0.3 is 4.90 Å². The molecule has 2 aromatic heterocycles. The zero-order valence-electron chi connectivity index (χ0n) is 18.0. The number of hydrogen-bond acceptors (Lipinski definition) is 4. The first-order valence-electron chi connectivity index (χ1n) is 11.1. The van der Waals surface area contributed by atoms with E-state index in [9.17, 15) is 22.4 Å². The van der Waals surface area contributed by atoms with Gasteiger partial charge in [0.2, 0.25) is 5.82 Å². The van der Waals surface area contributed by atoms with E-state index in [1.165, 1.54) is 4.52 Å². The molecule has 0 N–H and O–H groups in total. The number of carbonyl (C=O) groups is 1. The molecule has 2 aliphatic rings. The van der Waals surface area contributed by atoms with Crippen LogP contribution in [-0.2, 0) is 12.6 Å². The summed E-state index contributed by atoms with van der Waals surface area (Å²) in [7, 11) is 0. The maximum atomic E-state index is 13.7. The third-order valence-electron chi connectivity index (χ3n) is 6.77. The Hall–Kier alpha value is -3.04. The summed E-state index contributed by atoms with van der Waals surface area (Å²) in [5.41, 5.74) is 0.252. The monoisotopic (exact) mass is 461 g/mol. The van der Waals surface area contributed by atoms with Crippen molar-refractivity contribution in [3.05, 3.63) is 58.9 Å². The molecule has 3 heterocycles. The van der Waals surface area contributed by atoms with Crippen molar-refractivity contribution in [3.63, 3.8) is 0 Å². The molecule has 1 amide bonds. The molecule has 2 fully saturated rings. The van der Waals surface area contributed by atoms with Gasteiger partial charge in [-0.3, -0.25) is 4.79 Å². The van der Waals surface area contributed by atoms with E-state index >= 15 is 0 Å². The minimum Gasteiger partial charge on any atom is -0.335 e. The van der Waals surface area contributed by atoms with E-state index in [-0.39, 0.29) is 35.0 Å². The van der Waals surface area contributed by atoms with Gasteiger partial charge >= 0.3 is 6.18 Å². The Morgan fingerprint density at radius 3 is 2.58 bits per heavy atom. The van der Waals surface area contributed by atoms with Crippen molar-refractivity contribution in [1.82, 2.24) is 24.5 Å². The molecule has 5 rings (SSSR count). The second-order valence-corrected chi connectivity index (χ2v) is 9.02. The van der Waals surface area contributed by atoms with Crippen molar-refractivity contribution in [1.29, 1.82) is 0 Å². The van der Waals surface area contributed by atoms with E-state index in [1.54, 1.807) is 11.1 Å². The first-order valence-corrected chi connectivity index (χ1v) is 11.1. The number of likely N-dealkylation sites (tertiary alicyclic amines) is 1. The van der Waals surface area contributed by atoms with Crippen LogP contribution < -0.4 is 0 Å². The standard InChI is InChI=1S/C23H23F4N5O/c1-2-3-13-9-28-22-29-20(30-32(22)10-13)21(33)31-11-15-6-14(7-16(15)12-31)18-8-17(24)4-5-19(18)23(25,26)27/h4-5,8-10,14-16H,2-3,6-7,11-12H2,1H3/t14-,15-,16+. The lowest BCUT2D eigenvalue weighted by molar-refractivity contribution is -0.138. The Morgan fingerprint density at radius 2 is 1.91 bits per heavy atom. The third-order valence-corrected chi connectivity index (χ3v) is 6.77. The molecule has 1 saturated carbocycles. The fraction of sp³-hybridized carbons (Fsp3) is 0.478. The van der Waals surface area contributed by atoms with Crippen molar-refractivity contribution >= 4 is 11.7 Å². The Labute approximate surface area is 187 Å². The predicted molar refractivity (Wildman–Crippen MR) is 111 cm³/mol. The highest BCUT2D eigenvalue weighted by atomic mass is 19.4. The minimum atomic E-state index is -4.53. The van der Waals surface area contributed by atoms with E-state index < -0.39 is 17.6 Å². The molecule has 1 aliphatic carbocycles. The maximum Gasteiger partial charge on any atom is 0.416 e. The summed E-state index contributed by atoms with van der Waals surface area (Å²) in [6.45, 7) is 2.93. The van der Waals surface area contributed by atoms with E-state index in [0.717, 1.165) is 36.6 Å². The number of alkyl halides is 3. The maximum absolute atomic E-state index is 13.7. The Bertz CT molecular complexity index is 1190. The molecule has 0 bridgehead atoms. The van der Waals surface area contributed by atoms with Crippen LogP contribution in [0.3, 0.4) is 0 Å². The van der Waals surface area contributed by atoms with Gasteiger partial charge in [-0.25, -0.2) is 13.9 Å². The lowest BCUT2D eigenvalue weighted by Crippen LogP contribution is -2.30. The number of amides is 1. The predicted octanol–water partition coefficient (Wildman–Crippen LogP) is 4.50. The lowest BCUT2D eigenvalue weighted by Gasteiger charge is -2.21. The largest absolute Gasteiger partial charge is 0.416 e. The average Bonchev–Trinajstić information content (AvgIpc) is 3.45. The molecule has 0 unspecified atom stereocenters. The third kappa shape index (κ3) is 4.06. The van der Waals surface area contributed by atoms with Crippen LogP contribution in [0.2, 0.25) is 0 Å². The zero-order valence-corrected chi connectivity index (χ0v) is 18.0. The van der Waals surface area contributed by atoms with Crippen LogP contribution in [0.4, 0.5) is 17.6 Å². The number of carbonyl (C=O) groups excluding carboxylic acids is 1. The van der Waals surface area contributed by atoms with Gasteiger partial charge in [-0.15, -0.1) is 5.10 Å². The van der Waals surface area contributed by atoms with Crippen molar-refractivity contribution < 1.29 is 22.4 Å². The van der Waals surface area contributed by atoms with Crippen LogP contribution in [0.5, 0.6) is 0 Å². The SMILES string of the molecule is CCCc1cnc2nc(C(=O)N3C[C@H]4C[C@@H](c5cc(F)ccc5C(F)(F)F)C[C@H]4C3)nn2c1. The van der Waals surface area contributed by atoms with Gasteiger partial charge in [0.25, 0.3) is 11.7 Å². The van der Waals surface area contributed by atoms with Crippen molar-refractivity contribution in [3.8, 4) is 0 Å². The summed E-state index contributed by atoms with van der Waals surface area (Å²) in [6, 6.07) is 2.69. The number of benzene rings is 1. The van der Waals surface area contributed by atoms with Crippen molar-refractivity contribution in [2.45, 2.75) is 44.7 Å². The molecule has 3 atom stereocenters. The van der Waals surface area contributed by atoms with Crippen LogP contribution in [0, 0.1) is 17.7 Å². The van der Waals surface area contributed by atoms with Gasteiger partial charge in [0.15, 0.2) is 0 Å². The topological polar surface area (TPSA) is 63.4 Å². The smallest absolute Gasteiger partial charge is 0.335 e. The Kier molecular flexibility index (Phi) is 5.33. The Morgan fingerprint density at radius 1 is 1.18 bits per heavy atom. The van der Waals surface area contributed by atoms with Crippen LogP contribution >= 0.6 is 0 Å². The minimum absolute atomic E-state index is 0.0192. The number of nitrogens with zero attached hydrogens (tertiary/aromatic N) is 5. The first-order chi connectivity index (χ1) is 15.7. The summed E-state index contributed by atoms with van der Waals surface area (Å²) in [5.74, 6) is -0.797. The molecule has 174 valence electrons. The molecule has 10 heteroatoms. The van der Waals surface area contributed by atoms with Gasteiger partial charge in [0.05, 0.1) is 5.56 Å². The molecular weight excluding hydrogens is 438 g/mol. The first kappa shape index (κ1) is 21.8. The summed E-state index contributed by atoms with van der Waals surface area (Å²) in [6.07, 6.45) is 1.81. The summed E-state index contributed by atoms with van der Waals surface area (Å²) in [4.78, 5) is 23.2. The zero-order chi connectivity index (χ0) is 23.3. The highest BCUT2D eigenvalue weighted by molar-refractivity contribution is 5.91. The Balaban J connectivity index is 1.30. The molecule has 3 aromatic rings. The molecule has 0 spiro atoms. The van der Waals surface area contributed by atoms with Crippen LogP contribution in [0.1, 0.15) is 59.4 Å². The van der Waals surface area contributed by atoms with E-state index in [4.69, 9.17) is 0 Å². The second-order valence-electron chi connectivity index (χ2n) is 9.02. The van der Waals surface area contributed by atoms with Gasteiger partial charge in [0.1, 0.15) is 5.82 Å². The van der Waals surface area contributed by atoms with Gasteiger partial charge in [-0.1, -0.05) is 13.3 Å². The summed E-state index contributed by atoms with van der Waals surface area (Å²) in [5, 5.41) is 4.29. The van der Waals surface area contributed by atoms with Crippen molar-refractivity contribution in [2.24, 2.45) is 11.8 Å². The molecule has 6 nitrogen and oxygen atoms in total. The van der Waals surface area contributed by atoms with Gasteiger partial charge in [0, 0.05) is 25.5 Å². The van der Waals surface area contributed by atoms with Gasteiger partial charge in [-0.05, 0) is 66.3 Å².